The molecule has 0 bridgehead atoms. The maximum absolute atomic E-state index is 11.0. The lowest BCUT2D eigenvalue weighted by atomic mass is 10.1. The van der Waals surface area contributed by atoms with Crippen LogP contribution in [0.1, 0.15) is 40.0 Å². The molecule has 0 heterocycles. The molecular formula is C17H20N2O. The van der Waals surface area contributed by atoms with Crippen molar-refractivity contribution in [1.82, 2.24) is 5.32 Å². The number of primary amides is 1. The molecule has 0 saturated heterocycles. The number of nitrogens with one attached hydrogen (secondary N) is 1. The fourth-order valence-electron chi connectivity index (χ4n) is 2.03. The lowest BCUT2D eigenvalue weighted by Gasteiger charge is -2.14. The third-order valence-electron chi connectivity index (χ3n) is 3.43. The Hall–Kier alpha value is -2.13. The van der Waals surface area contributed by atoms with E-state index in [1.54, 1.807) is 12.1 Å². The minimum Gasteiger partial charge on any atom is -0.366 e. The number of carbonyl (C=O) groups excluding carboxylic acids is 1. The molecule has 3 N–H and O–H groups in total. The smallest absolute Gasteiger partial charge is 0.248 e. The summed E-state index contributed by atoms with van der Waals surface area (Å²) in [4.78, 5) is 11.0. The molecule has 0 aliphatic carbocycles. The highest BCUT2D eigenvalue weighted by atomic mass is 16.1. The maximum Gasteiger partial charge on any atom is 0.248 e. The molecule has 0 aliphatic rings. The number of benzene rings is 2. The van der Waals surface area contributed by atoms with Gasteiger partial charge in [0.15, 0.2) is 0 Å². The molecule has 0 fully saturated rings. The molecule has 104 valence electrons. The summed E-state index contributed by atoms with van der Waals surface area (Å²) in [5, 5.41) is 3.47. The third kappa shape index (κ3) is 3.68. The average Bonchev–Trinajstić information content (AvgIpc) is 2.46. The number of rotatable bonds is 5. The molecule has 0 aliphatic heterocycles. The van der Waals surface area contributed by atoms with Gasteiger partial charge in [0.25, 0.3) is 0 Å². The summed E-state index contributed by atoms with van der Waals surface area (Å²) in [5.74, 6) is -0.391. The number of hydrogen-bond donors (Lipinski definition) is 2. The van der Waals surface area contributed by atoms with Crippen molar-refractivity contribution in [1.29, 1.82) is 0 Å². The number of nitrogens with two attached hydrogens (primary N) is 1. The van der Waals surface area contributed by atoms with Gasteiger partial charge in [-0.25, -0.2) is 0 Å². The minimum absolute atomic E-state index is 0.284. The van der Waals surface area contributed by atoms with Crippen molar-refractivity contribution in [2.24, 2.45) is 5.73 Å². The van der Waals surface area contributed by atoms with Crippen LogP contribution in [-0.2, 0) is 6.54 Å². The van der Waals surface area contributed by atoms with Gasteiger partial charge in [0, 0.05) is 18.2 Å². The SMILES string of the molecule is Cc1ccc(C(C)NCc2ccc(C(N)=O)cc2)cc1. The Balaban J connectivity index is 1.94. The third-order valence-corrected chi connectivity index (χ3v) is 3.43. The fourth-order valence-corrected chi connectivity index (χ4v) is 2.03. The van der Waals surface area contributed by atoms with Gasteiger partial charge >= 0.3 is 0 Å². The van der Waals surface area contributed by atoms with Gasteiger partial charge in [0.2, 0.25) is 5.91 Å². The first-order valence-electron chi connectivity index (χ1n) is 6.75. The standard InChI is InChI=1S/C17H20N2O/c1-12-3-7-15(8-4-12)13(2)19-11-14-5-9-16(10-6-14)17(18)20/h3-10,13,19H,11H2,1-2H3,(H2,18,20). The lowest BCUT2D eigenvalue weighted by molar-refractivity contribution is 0.100. The van der Waals surface area contributed by atoms with Crippen molar-refractivity contribution in [3.63, 3.8) is 0 Å². The second-order valence-corrected chi connectivity index (χ2v) is 5.07. The predicted molar refractivity (Wildman–Crippen MR) is 81.4 cm³/mol. The first-order valence-corrected chi connectivity index (χ1v) is 6.75. The Morgan fingerprint density at radius 1 is 1.10 bits per heavy atom. The van der Waals surface area contributed by atoms with E-state index in [0.29, 0.717) is 5.56 Å². The van der Waals surface area contributed by atoms with Gasteiger partial charge in [-0.05, 0) is 37.1 Å². The monoisotopic (exact) mass is 268 g/mol. The van der Waals surface area contributed by atoms with Gasteiger partial charge in [-0.1, -0.05) is 42.0 Å². The van der Waals surface area contributed by atoms with E-state index in [1.165, 1.54) is 11.1 Å². The van der Waals surface area contributed by atoms with Crippen LogP contribution in [0.15, 0.2) is 48.5 Å². The summed E-state index contributed by atoms with van der Waals surface area (Å²) in [5.41, 5.74) is 9.43. The molecular weight excluding hydrogens is 248 g/mol. The van der Waals surface area contributed by atoms with Crippen LogP contribution in [0.25, 0.3) is 0 Å². The van der Waals surface area contributed by atoms with Gasteiger partial charge in [-0.2, -0.15) is 0 Å². The van der Waals surface area contributed by atoms with E-state index in [1.807, 2.05) is 12.1 Å². The lowest BCUT2D eigenvalue weighted by Crippen LogP contribution is -2.18. The second kappa shape index (κ2) is 6.35. The normalized spacial score (nSPS) is 12.1. The van der Waals surface area contributed by atoms with E-state index in [0.717, 1.165) is 12.1 Å². The van der Waals surface area contributed by atoms with Gasteiger partial charge in [-0.15, -0.1) is 0 Å². The van der Waals surface area contributed by atoms with E-state index >= 15 is 0 Å². The molecule has 2 aromatic carbocycles. The summed E-state index contributed by atoms with van der Waals surface area (Å²) in [6.07, 6.45) is 0. The van der Waals surface area contributed by atoms with Crippen LogP contribution in [0.4, 0.5) is 0 Å². The van der Waals surface area contributed by atoms with E-state index in [9.17, 15) is 4.79 Å². The first kappa shape index (κ1) is 14.3. The van der Waals surface area contributed by atoms with Crippen molar-refractivity contribution in [2.45, 2.75) is 26.4 Å². The average molecular weight is 268 g/mol. The first-order chi connectivity index (χ1) is 9.56. The summed E-state index contributed by atoms with van der Waals surface area (Å²) < 4.78 is 0. The van der Waals surface area contributed by atoms with Crippen molar-refractivity contribution in [3.05, 3.63) is 70.8 Å². The highest BCUT2D eigenvalue weighted by Gasteiger charge is 2.05. The van der Waals surface area contributed by atoms with E-state index in [4.69, 9.17) is 5.73 Å². The van der Waals surface area contributed by atoms with Crippen LogP contribution in [0.3, 0.4) is 0 Å². The molecule has 1 amide bonds. The van der Waals surface area contributed by atoms with Crippen LogP contribution in [0.5, 0.6) is 0 Å². The number of carbonyl (C=O) groups is 1. The highest BCUT2D eigenvalue weighted by Crippen LogP contribution is 2.14. The molecule has 1 unspecified atom stereocenters. The zero-order valence-corrected chi connectivity index (χ0v) is 11.9. The molecule has 2 rings (SSSR count). The summed E-state index contributed by atoms with van der Waals surface area (Å²) in [6, 6.07) is 16.2. The zero-order valence-electron chi connectivity index (χ0n) is 11.9. The number of amides is 1. The Bertz CT molecular complexity index is 573. The molecule has 2 aromatic rings. The molecule has 1 atom stereocenters. The van der Waals surface area contributed by atoms with Gasteiger partial charge in [0.1, 0.15) is 0 Å². The van der Waals surface area contributed by atoms with Crippen LogP contribution in [0, 0.1) is 6.92 Å². The topological polar surface area (TPSA) is 55.1 Å². The summed E-state index contributed by atoms with van der Waals surface area (Å²) in [6.45, 7) is 4.98. The number of hydrogen-bond acceptors (Lipinski definition) is 2. The maximum atomic E-state index is 11.0. The molecule has 0 aromatic heterocycles. The van der Waals surface area contributed by atoms with Gasteiger partial charge in [0.05, 0.1) is 0 Å². The van der Waals surface area contributed by atoms with E-state index in [-0.39, 0.29) is 6.04 Å². The molecule has 3 heteroatoms. The van der Waals surface area contributed by atoms with Crippen molar-refractivity contribution < 1.29 is 4.79 Å². The van der Waals surface area contributed by atoms with E-state index < -0.39 is 5.91 Å². The van der Waals surface area contributed by atoms with E-state index in [2.05, 4.69) is 43.4 Å². The Morgan fingerprint density at radius 2 is 1.70 bits per heavy atom. The number of aryl methyl sites for hydroxylation is 1. The van der Waals surface area contributed by atoms with Crippen LogP contribution in [0.2, 0.25) is 0 Å². The Labute approximate surface area is 119 Å². The van der Waals surface area contributed by atoms with Crippen molar-refractivity contribution in [2.75, 3.05) is 0 Å². The van der Waals surface area contributed by atoms with Gasteiger partial charge < -0.3 is 11.1 Å². The predicted octanol–water partition coefficient (Wildman–Crippen LogP) is 2.94. The quantitative estimate of drug-likeness (QED) is 0.876. The second-order valence-electron chi connectivity index (χ2n) is 5.07. The van der Waals surface area contributed by atoms with Crippen molar-refractivity contribution >= 4 is 5.91 Å². The van der Waals surface area contributed by atoms with Crippen LogP contribution >= 0.6 is 0 Å². The van der Waals surface area contributed by atoms with Gasteiger partial charge in [-0.3, -0.25) is 4.79 Å². The Morgan fingerprint density at radius 3 is 2.25 bits per heavy atom. The highest BCUT2D eigenvalue weighted by molar-refractivity contribution is 5.92. The minimum atomic E-state index is -0.391. The fraction of sp³-hybridized carbons (Fsp3) is 0.235. The summed E-state index contributed by atoms with van der Waals surface area (Å²) in [7, 11) is 0. The Kier molecular flexibility index (Phi) is 4.53. The largest absolute Gasteiger partial charge is 0.366 e. The summed E-state index contributed by atoms with van der Waals surface area (Å²) >= 11 is 0. The van der Waals surface area contributed by atoms with Crippen molar-refractivity contribution in [3.8, 4) is 0 Å². The van der Waals surface area contributed by atoms with Crippen LogP contribution < -0.4 is 11.1 Å². The van der Waals surface area contributed by atoms with Crippen LogP contribution in [-0.4, -0.2) is 5.91 Å². The molecule has 0 radical (unpaired) electrons. The molecule has 0 saturated carbocycles. The molecule has 20 heavy (non-hydrogen) atoms. The molecule has 0 spiro atoms. The zero-order chi connectivity index (χ0) is 14.5. The molecule has 3 nitrogen and oxygen atoms in total.